The van der Waals surface area contributed by atoms with Crippen molar-refractivity contribution >= 4 is 22.9 Å². The number of benzene rings is 1. The average molecular weight is 316 g/mol. The first-order valence-electron chi connectivity index (χ1n) is 7.56. The van der Waals surface area contributed by atoms with Gasteiger partial charge in [-0.2, -0.15) is 0 Å². The summed E-state index contributed by atoms with van der Waals surface area (Å²) in [5.74, 6) is 0.224. The Bertz CT molecular complexity index is 670. The molecule has 116 valence electrons. The van der Waals surface area contributed by atoms with Gasteiger partial charge < -0.3 is 10.2 Å². The maximum absolute atomic E-state index is 11.9. The van der Waals surface area contributed by atoms with Crippen LogP contribution in [0.1, 0.15) is 41.4 Å². The quantitative estimate of drug-likeness (QED) is 0.921. The molecule has 2 heterocycles. The Morgan fingerprint density at radius 3 is 2.95 bits per heavy atom. The van der Waals surface area contributed by atoms with E-state index in [0.717, 1.165) is 28.7 Å². The second-order valence-corrected chi connectivity index (χ2v) is 6.83. The highest BCUT2D eigenvalue weighted by molar-refractivity contribution is 7.11. The number of hydrogen-bond donors (Lipinski definition) is 1. The van der Waals surface area contributed by atoms with E-state index in [-0.39, 0.29) is 11.9 Å². The number of nitrogens with one attached hydrogen (secondary N) is 1. The highest BCUT2D eigenvalue weighted by Gasteiger charge is 2.22. The Kier molecular flexibility index (Phi) is 4.49. The normalized spacial score (nSPS) is 16.3. The zero-order valence-corrected chi connectivity index (χ0v) is 13.7. The number of nitrogens with zero attached hydrogens (tertiary/aromatic N) is 3. The number of hydrogen-bond acceptors (Lipinski definition) is 5. The molecule has 1 fully saturated rings. The molecule has 1 saturated heterocycles. The minimum atomic E-state index is 0.196. The minimum Gasteiger partial charge on any atom is -0.312 e. The zero-order valence-electron chi connectivity index (χ0n) is 12.9. The Morgan fingerprint density at radius 2 is 2.27 bits per heavy atom. The molecule has 1 amide bonds. The van der Waals surface area contributed by atoms with Crippen LogP contribution in [-0.2, 0) is 11.3 Å². The fourth-order valence-corrected chi connectivity index (χ4v) is 3.31. The highest BCUT2D eigenvalue weighted by Crippen LogP contribution is 2.25. The molecule has 2 aromatic rings. The molecule has 1 aliphatic rings. The summed E-state index contributed by atoms with van der Waals surface area (Å²) in [4.78, 5) is 13.7. The van der Waals surface area contributed by atoms with E-state index in [9.17, 15) is 4.79 Å². The summed E-state index contributed by atoms with van der Waals surface area (Å²) in [5.41, 5.74) is 2.18. The molecule has 1 aromatic carbocycles. The summed E-state index contributed by atoms with van der Waals surface area (Å²) in [6.45, 7) is 5.62. The van der Waals surface area contributed by atoms with E-state index < -0.39 is 0 Å². The van der Waals surface area contributed by atoms with Gasteiger partial charge in [-0.1, -0.05) is 12.1 Å². The van der Waals surface area contributed by atoms with Gasteiger partial charge in [0.25, 0.3) is 0 Å². The van der Waals surface area contributed by atoms with Crippen molar-refractivity contribution < 1.29 is 4.79 Å². The van der Waals surface area contributed by atoms with Crippen LogP contribution in [0.15, 0.2) is 24.3 Å². The molecule has 1 aliphatic heterocycles. The second kappa shape index (κ2) is 6.54. The Balaban J connectivity index is 1.67. The van der Waals surface area contributed by atoms with Gasteiger partial charge in [-0.15, -0.1) is 21.5 Å². The molecule has 0 aliphatic carbocycles. The fourth-order valence-electron chi connectivity index (χ4n) is 2.65. The molecule has 0 saturated carbocycles. The largest absolute Gasteiger partial charge is 0.312 e. The minimum absolute atomic E-state index is 0.196. The molecule has 0 spiro atoms. The van der Waals surface area contributed by atoms with Crippen LogP contribution < -0.4 is 10.2 Å². The maximum Gasteiger partial charge on any atom is 0.227 e. The van der Waals surface area contributed by atoms with Gasteiger partial charge in [-0.3, -0.25) is 4.79 Å². The number of carbonyl (C=O) groups excluding carboxylic acids is 1. The third-order valence-electron chi connectivity index (χ3n) is 3.88. The number of amides is 1. The van der Waals surface area contributed by atoms with Crippen molar-refractivity contribution in [1.29, 1.82) is 0 Å². The third-order valence-corrected chi connectivity index (χ3v) is 4.72. The predicted molar refractivity (Wildman–Crippen MR) is 87.9 cm³/mol. The Morgan fingerprint density at radius 1 is 1.41 bits per heavy atom. The summed E-state index contributed by atoms with van der Waals surface area (Å²) in [6.07, 6.45) is 1.61. The van der Waals surface area contributed by atoms with E-state index in [2.05, 4.69) is 34.6 Å². The molecule has 5 nitrogen and oxygen atoms in total. The van der Waals surface area contributed by atoms with Crippen LogP contribution >= 0.6 is 11.3 Å². The summed E-state index contributed by atoms with van der Waals surface area (Å²) in [6, 6.07) is 8.41. The van der Waals surface area contributed by atoms with E-state index in [1.165, 1.54) is 5.56 Å². The van der Waals surface area contributed by atoms with Gasteiger partial charge in [-0.05, 0) is 38.0 Å². The molecule has 1 N–H and O–H groups in total. The lowest BCUT2D eigenvalue weighted by molar-refractivity contribution is -0.117. The zero-order chi connectivity index (χ0) is 15.5. The van der Waals surface area contributed by atoms with Crippen molar-refractivity contribution in [3.05, 3.63) is 39.8 Å². The smallest absolute Gasteiger partial charge is 0.227 e. The summed E-state index contributed by atoms with van der Waals surface area (Å²) in [7, 11) is 0. The lowest BCUT2D eigenvalue weighted by Crippen LogP contribution is -2.24. The van der Waals surface area contributed by atoms with Gasteiger partial charge in [0, 0.05) is 24.7 Å². The molecule has 6 heteroatoms. The van der Waals surface area contributed by atoms with Crippen LogP contribution in [0.5, 0.6) is 0 Å². The lowest BCUT2D eigenvalue weighted by atomic mass is 10.1. The first-order chi connectivity index (χ1) is 10.6. The molecule has 0 radical (unpaired) electrons. The number of carbonyl (C=O) groups is 1. The Labute approximate surface area is 134 Å². The van der Waals surface area contributed by atoms with Gasteiger partial charge >= 0.3 is 0 Å². The topological polar surface area (TPSA) is 58.1 Å². The lowest BCUT2D eigenvalue weighted by Gasteiger charge is -2.19. The maximum atomic E-state index is 11.9. The fraction of sp³-hybridized carbons (Fsp3) is 0.438. The number of rotatable bonds is 5. The Hall–Kier alpha value is -1.79. The summed E-state index contributed by atoms with van der Waals surface area (Å²) < 4.78 is 0. The van der Waals surface area contributed by atoms with Gasteiger partial charge in [0.15, 0.2) is 0 Å². The molecule has 22 heavy (non-hydrogen) atoms. The predicted octanol–water partition coefficient (Wildman–Crippen LogP) is 2.82. The standard InChI is InChI=1S/C16H20N4OS/c1-11(17-10-15-19-18-12(2)22-15)13-5-3-6-14(9-13)20-8-4-7-16(20)21/h3,5-6,9,11,17H,4,7-8,10H2,1-2H3/t11-/m1/s1. The van der Waals surface area contributed by atoms with Gasteiger partial charge in [0.05, 0.1) is 6.54 Å². The third kappa shape index (κ3) is 3.34. The molecule has 0 unspecified atom stereocenters. The van der Waals surface area contributed by atoms with Crippen LogP contribution in [0, 0.1) is 6.92 Å². The van der Waals surface area contributed by atoms with Crippen LogP contribution in [0.3, 0.4) is 0 Å². The molecule has 1 aromatic heterocycles. The number of aromatic nitrogens is 2. The van der Waals surface area contributed by atoms with E-state index in [1.54, 1.807) is 11.3 Å². The van der Waals surface area contributed by atoms with E-state index >= 15 is 0 Å². The van der Waals surface area contributed by atoms with E-state index in [4.69, 9.17) is 0 Å². The van der Waals surface area contributed by atoms with Gasteiger partial charge in [0.1, 0.15) is 10.0 Å². The first-order valence-corrected chi connectivity index (χ1v) is 8.38. The SMILES string of the molecule is Cc1nnc(CN[C@H](C)c2cccc(N3CCCC3=O)c2)s1. The summed E-state index contributed by atoms with van der Waals surface area (Å²) >= 11 is 1.61. The van der Waals surface area contributed by atoms with E-state index in [1.807, 2.05) is 24.0 Å². The van der Waals surface area contributed by atoms with Gasteiger partial charge in [0.2, 0.25) is 5.91 Å². The molecular weight excluding hydrogens is 296 g/mol. The van der Waals surface area contributed by atoms with Crippen LogP contribution in [0.2, 0.25) is 0 Å². The monoisotopic (exact) mass is 316 g/mol. The van der Waals surface area contributed by atoms with Crippen LogP contribution in [0.25, 0.3) is 0 Å². The molecule has 1 atom stereocenters. The number of anilines is 1. The molecule has 3 rings (SSSR count). The average Bonchev–Trinajstić information content (AvgIpc) is 3.13. The highest BCUT2D eigenvalue weighted by atomic mass is 32.1. The van der Waals surface area contributed by atoms with Crippen LogP contribution in [-0.4, -0.2) is 22.6 Å². The summed E-state index contributed by atoms with van der Waals surface area (Å²) in [5, 5.41) is 13.6. The second-order valence-electron chi connectivity index (χ2n) is 5.56. The van der Waals surface area contributed by atoms with Crippen molar-refractivity contribution in [2.24, 2.45) is 0 Å². The van der Waals surface area contributed by atoms with Crippen molar-refractivity contribution in [1.82, 2.24) is 15.5 Å². The number of aryl methyl sites for hydroxylation is 1. The molecule has 0 bridgehead atoms. The van der Waals surface area contributed by atoms with Crippen molar-refractivity contribution in [3.8, 4) is 0 Å². The van der Waals surface area contributed by atoms with Crippen LogP contribution in [0.4, 0.5) is 5.69 Å². The van der Waals surface area contributed by atoms with Crippen molar-refractivity contribution in [2.75, 3.05) is 11.4 Å². The first kappa shape index (κ1) is 15.1. The van der Waals surface area contributed by atoms with Crippen molar-refractivity contribution in [3.63, 3.8) is 0 Å². The van der Waals surface area contributed by atoms with E-state index in [0.29, 0.717) is 13.0 Å². The molecular formula is C16H20N4OS. The van der Waals surface area contributed by atoms with Gasteiger partial charge in [-0.25, -0.2) is 0 Å². The van der Waals surface area contributed by atoms with Crippen molar-refractivity contribution in [2.45, 2.75) is 39.3 Å².